The number of carbonyl (C=O) groups excluding carboxylic acids is 1. The highest BCUT2D eigenvalue weighted by molar-refractivity contribution is 14.1. The summed E-state index contributed by atoms with van der Waals surface area (Å²) in [5.74, 6) is 0.182. The average molecular weight is 541 g/mol. The lowest BCUT2D eigenvalue weighted by Gasteiger charge is -2.29. The van der Waals surface area contributed by atoms with Gasteiger partial charge in [-0.25, -0.2) is 9.37 Å². The highest BCUT2D eigenvalue weighted by atomic mass is 127. The molecule has 0 bridgehead atoms. The van der Waals surface area contributed by atoms with Gasteiger partial charge in [0.05, 0.1) is 9.77 Å². The van der Waals surface area contributed by atoms with Crippen molar-refractivity contribution in [2.45, 2.75) is 26.7 Å². The molecule has 1 aliphatic rings. The number of rotatable bonds is 4. The van der Waals surface area contributed by atoms with E-state index >= 15 is 0 Å². The second-order valence-corrected chi connectivity index (χ2v) is 9.41. The van der Waals surface area contributed by atoms with Crippen molar-refractivity contribution in [2.24, 2.45) is 5.41 Å². The lowest BCUT2D eigenvalue weighted by Crippen LogP contribution is -2.25. The van der Waals surface area contributed by atoms with Gasteiger partial charge in [0.2, 0.25) is 0 Å². The molecule has 3 nitrogen and oxygen atoms in total. The van der Waals surface area contributed by atoms with Crippen LogP contribution < -0.4 is 5.32 Å². The normalized spacial score (nSPS) is 16.0. The van der Waals surface area contributed by atoms with Gasteiger partial charge in [0.15, 0.2) is 11.6 Å². The number of hydrogen-bond donors (Lipinski definition) is 1. The van der Waals surface area contributed by atoms with Gasteiger partial charge >= 0.3 is 0 Å². The molecule has 0 aliphatic heterocycles. The van der Waals surface area contributed by atoms with Gasteiger partial charge in [0.25, 0.3) is 0 Å². The molecule has 0 unspecified atom stereocenters. The highest BCUT2D eigenvalue weighted by Gasteiger charge is 2.28. The molecule has 6 heteroatoms. The summed E-state index contributed by atoms with van der Waals surface area (Å²) in [6, 6.07) is 7.68. The predicted molar refractivity (Wildman–Crippen MR) is 119 cm³/mol. The van der Waals surface area contributed by atoms with Crippen LogP contribution in [-0.2, 0) is 4.79 Å². The largest absolute Gasteiger partial charge is 0.343 e. The molecule has 0 saturated heterocycles. The Morgan fingerprint density at radius 2 is 2.11 bits per heavy atom. The maximum absolute atomic E-state index is 14.3. The molecule has 0 radical (unpaired) electrons. The fourth-order valence-corrected chi connectivity index (χ4v) is 4.35. The van der Waals surface area contributed by atoms with E-state index in [2.05, 4.69) is 46.7 Å². The number of halogens is 3. The molecule has 0 fully saturated rings. The first-order valence-electron chi connectivity index (χ1n) is 8.46. The van der Waals surface area contributed by atoms with Crippen LogP contribution in [0, 0.1) is 14.8 Å². The summed E-state index contributed by atoms with van der Waals surface area (Å²) >= 11 is 5.43. The molecule has 0 amide bonds. The maximum atomic E-state index is 14.3. The third-order valence-electron chi connectivity index (χ3n) is 4.38. The van der Waals surface area contributed by atoms with Gasteiger partial charge < -0.3 is 5.32 Å². The number of carbonyl (C=O) groups is 1. The Balaban J connectivity index is 2.03. The van der Waals surface area contributed by atoms with Crippen molar-refractivity contribution in [2.75, 3.05) is 5.32 Å². The van der Waals surface area contributed by atoms with E-state index in [-0.39, 0.29) is 11.2 Å². The van der Waals surface area contributed by atoms with E-state index in [0.29, 0.717) is 26.9 Å². The van der Waals surface area contributed by atoms with Crippen molar-refractivity contribution >= 4 is 55.7 Å². The summed E-state index contributed by atoms with van der Waals surface area (Å²) in [7, 11) is 0. The van der Waals surface area contributed by atoms with E-state index in [9.17, 15) is 9.18 Å². The monoisotopic (exact) mass is 540 g/mol. The molecule has 1 heterocycles. The molecule has 1 N–H and O–H groups in total. The van der Waals surface area contributed by atoms with Crippen LogP contribution >= 0.6 is 38.5 Å². The van der Waals surface area contributed by atoms with Gasteiger partial charge in [0, 0.05) is 28.2 Å². The Labute approximate surface area is 180 Å². The number of hydrogen-bond acceptors (Lipinski definition) is 3. The molecule has 1 aromatic carbocycles. The first kappa shape index (κ1) is 20.2. The van der Waals surface area contributed by atoms with Crippen LogP contribution in [0.5, 0.6) is 0 Å². The molecular weight excluding hydrogens is 522 g/mol. The SMILES string of the molecule is C=C(c1cccc(Br)c1)c1c(NC2=CC(=O)CC(C)(C)C2)ncc(F)c1I. The third-order valence-corrected chi connectivity index (χ3v) is 5.93. The van der Waals surface area contributed by atoms with Gasteiger partial charge in [-0.15, -0.1) is 0 Å². The number of allylic oxidation sites excluding steroid dienone is 2. The van der Waals surface area contributed by atoms with Crippen molar-refractivity contribution in [1.29, 1.82) is 0 Å². The molecule has 27 heavy (non-hydrogen) atoms. The van der Waals surface area contributed by atoms with Crippen LogP contribution in [0.15, 0.2) is 53.3 Å². The first-order valence-corrected chi connectivity index (χ1v) is 10.3. The molecule has 3 rings (SSSR count). The summed E-state index contributed by atoms with van der Waals surface area (Å²) in [6.07, 6.45) is 4.05. The number of nitrogens with zero attached hydrogens (tertiary/aromatic N) is 1. The predicted octanol–water partition coefficient (Wildman–Crippen LogP) is 6.33. The average Bonchev–Trinajstić information content (AvgIpc) is 2.56. The van der Waals surface area contributed by atoms with E-state index in [4.69, 9.17) is 0 Å². The van der Waals surface area contributed by atoms with Crippen LogP contribution in [0.4, 0.5) is 10.2 Å². The van der Waals surface area contributed by atoms with Gasteiger partial charge in [-0.05, 0) is 57.7 Å². The van der Waals surface area contributed by atoms with Crippen LogP contribution in [0.3, 0.4) is 0 Å². The fraction of sp³-hybridized carbons (Fsp3) is 0.238. The van der Waals surface area contributed by atoms with Gasteiger partial charge in [-0.2, -0.15) is 0 Å². The van der Waals surface area contributed by atoms with E-state index in [1.807, 2.05) is 46.9 Å². The summed E-state index contributed by atoms with van der Waals surface area (Å²) in [4.78, 5) is 16.3. The topological polar surface area (TPSA) is 42.0 Å². The maximum Gasteiger partial charge on any atom is 0.157 e. The van der Waals surface area contributed by atoms with Gasteiger partial charge in [0.1, 0.15) is 5.82 Å². The van der Waals surface area contributed by atoms with Crippen molar-refractivity contribution < 1.29 is 9.18 Å². The molecule has 2 aromatic rings. The smallest absolute Gasteiger partial charge is 0.157 e. The highest BCUT2D eigenvalue weighted by Crippen LogP contribution is 2.37. The molecule has 0 spiro atoms. The van der Waals surface area contributed by atoms with Crippen LogP contribution in [0.1, 0.15) is 37.8 Å². The minimum atomic E-state index is -0.402. The zero-order chi connectivity index (χ0) is 19.8. The van der Waals surface area contributed by atoms with Crippen molar-refractivity contribution in [3.05, 3.63) is 73.8 Å². The molecule has 1 aliphatic carbocycles. The van der Waals surface area contributed by atoms with E-state index in [0.717, 1.165) is 22.2 Å². The quantitative estimate of drug-likeness (QED) is 0.460. The first-order chi connectivity index (χ1) is 12.7. The Kier molecular flexibility index (Phi) is 5.86. The molecule has 0 atom stereocenters. The number of ketones is 1. The lowest BCUT2D eigenvalue weighted by atomic mass is 9.79. The van der Waals surface area contributed by atoms with Gasteiger partial charge in [-0.1, -0.05) is 48.5 Å². The molecule has 1 aromatic heterocycles. The standard InChI is InChI=1S/C21H19BrFIN2O/c1-12(13-5-4-6-14(22)7-13)18-19(24)17(23)11-25-20(18)26-15-8-16(27)10-21(2,3)9-15/h4-8,11H,1,9-10H2,2-3H3,(H,25,26). The number of pyridine rings is 1. The fourth-order valence-electron chi connectivity index (χ4n) is 3.23. The Bertz CT molecular complexity index is 969. The van der Waals surface area contributed by atoms with Crippen molar-refractivity contribution in [1.82, 2.24) is 4.98 Å². The summed E-state index contributed by atoms with van der Waals surface area (Å²) < 4.78 is 15.6. The molecule has 0 saturated carbocycles. The summed E-state index contributed by atoms with van der Waals surface area (Å²) in [6.45, 7) is 8.29. The zero-order valence-electron chi connectivity index (χ0n) is 15.1. The second-order valence-electron chi connectivity index (χ2n) is 7.41. The lowest BCUT2D eigenvalue weighted by molar-refractivity contribution is -0.117. The summed E-state index contributed by atoms with van der Waals surface area (Å²) in [5, 5.41) is 3.25. The number of aromatic nitrogens is 1. The van der Waals surface area contributed by atoms with E-state index in [1.165, 1.54) is 6.20 Å². The van der Waals surface area contributed by atoms with Crippen LogP contribution in [0.25, 0.3) is 5.57 Å². The number of anilines is 1. The van der Waals surface area contributed by atoms with E-state index < -0.39 is 5.82 Å². The molecule has 140 valence electrons. The Morgan fingerprint density at radius 3 is 2.78 bits per heavy atom. The minimum Gasteiger partial charge on any atom is -0.343 e. The van der Waals surface area contributed by atoms with E-state index in [1.54, 1.807) is 6.08 Å². The van der Waals surface area contributed by atoms with Crippen LogP contribution in [0.2, 0.25) is 0 Å². The molecular formula is C21H19BrFIN2O. The number of benzene rings is 1. The number of nitrogens with one attached hydrogen (secondary N) is 1. The second kappa shape index (κ2) is 7.83. The Hall–Kier alpha value is -1.54. The van der Waals surface area contributed by atoms with Crippen LogP contribution in [-0.4, -0.2) is 10.8 Å². The summed E-state index contributed by atoms with van der Waals surface area (Å²) in [5.41, 5.74) is 2.80. The van der Waals surface area contributed by atoms with Crippen molar-refractivity contribution in [3.8, 4) is 0 Å². The minimum absolute atomic E-state index is 0.0814. The van der Waals surface area contributed by atoms with Gasteiger partial charge in [-0.3, -0.25) is 4.79 Å². The third kappa shape index (κ3) is 4.66. The zero-order valence-corrected chi connectivity index (χ0v) is 18.8. The Morgan fingerprint density at radius 1 is 1.37 bits per heavy atom. The van der Waals surface area contributed by atoms with Crippen molar-refractivity contribution in [3.63, 3.8) is 0 Å².